The van der Waals surface area contributed by atoms with Gasteiger partial charge in [0, 0.05) is 5.02 Å². The number of hydrogen-bond donors (Lipinski definition) is 1. The van der Waals surface area contributed by atoms with E-state index >= 15 is 0 Å². The normalized spacial score (nSPS) is 12.5. The summed E-state index contributed by atoms with van der Waals surface area (Å²) >= 11 is 7.40. The lowest BCUT2D eigenvalue weighted by molar-refractivity contribution is 0.202. The first-order valence-corrected chi connectivity index (χ1v) is 6.71. The Hall–Kier alpha value is -1.10. The maximum absolute atomic E-state index is 9.65. The molecule has 1 N–H and O–H groups in total. The number of rotatable bonds is 3. The SMILES string of the molecule is COc1cc(Cl)ccc1-c1nc(C)c(C(C)O)s1. The van der Waals surface area contributed by atoms with Gasteiger partial charge in [0.05, 0.1) is 29.3 Å². The van der Waals surface area contributed by atoms with Crippen LogP contribution in [0.2, 0.25) is 5.02 Å². The van der Waals surface area contributed by atoms with Crippen LogP contribution in [0.4, 0.5) is 0 Å². The van der Waals surface area contributed by atoms with Crippen LogP contribution in [0.15, 0.2) is 18.2 Å². The minimum Gasteiger partial charge on any atom is -0.496 e. The molecule has 96 valence electrons. The van der Waals surface area contributed by atoms with E-state index in [1.807, 2.05) is 13.0 Å². The quantitative estimate of drug-likeness (QED) is 0.931. The summed E-state index contributed by atoms with van der Waals surface area (Å²) in [5.74, 6) is 0.688. The number of aryl methyl sites for hydroxylation is 1. The molecule has 5 heteroatoms. The van der Waals surface area contributed by atoms with E-state index in [4.69, 9.17) is 16.3 Å². The summed E-state index contributed by atoms with van der Waals surface area (Å²) in [6, 6.07) is 5.44. The third-order valence-electron chi connectivity index (χ3n) is 2.61. The highest BCUT2D eigenvalue weighted by atomic mass is 35.5. The molecule has 1 atom stereocenters. The number of nitrogens with zero attached hydrogens (tertiary/aromatic N) is 1. The van der Waals surface area contributed by atoms with Crippen LogP contribution in [-0.2, 0) is 0 Å². The third-order valence-corrected chi connectivity index (χ3v) is 4.20. The zero-order chi connectivity index (χ0) is 13.3. The molecule has 0 amide bonds. The summed E-state index contributed by atoms with van der Waals surface area (Å²) in [4.78, 5) is 5.35. The van der Waals surface area contributed by atoms with Gasteiger partial charge in [-0.2, -0.15) is 0 Å². The number of methoxy groups -OCH3 is 1. The molecular formula is C13H14ClNO2S. The van der Waals surface area contributed by atoms with Gasteiger partial charge in [-0.15, -0.1) is 11.3 Å². The van der Waals surface area contributed by atoms with Crippen LogP contribution in [-0.4, -0.2) is 17.2 Å². The number of ether oxygens (including phenoxy) is 1. The van der Waals surface area contributed by atoms with Crippen LogP contribution in [0.25, 0.3) is 10.6 Å². The Bertz CT molecular complexity index is 566. The topological polar surface area (TPSA) is 42.4 Å². The average molecular weight is 284 g/mol. The van der Waals surface area contributed by atoms with Gasteiger partial charge in [0.1, 0.15) is 10.8 Å². The van der Waals surface area contributed by atoms with Crippen LogP contribution < -0.4 is 4.74 Å². The van der Waals surface area contributed by atoms with Gasteiger partial charge in [-0.25, -0.2) is 4.98 Å². The monoisotopic (exact) mass is 283 g/mol. The van der Waals surface area contributed by atoms with Crippen LogP contribution in [0.1, 0.15) is 23.6 Å². The molecule has 1 aromatic heterocycles. The van der Waals surface area contributed by atoms with Crippen molar-refractivity contribution in [1.29, 1.82) is 0 Å². The van der Waals surface area contributed by atoms with Gasteiger partial charge >= 0.3 is 0 Å². The second-order valence-corrected chi connectivity index (χ2v) is 5.46. The molecule has 0 aliphatic heterocycles. The Morgan fingerprint density at radius 2 is 2.17 bits per heavy atom. The van der Waals surface area contributed by atoms with Crippen molar-refractivity contribution in [2.24, 2.45) is 0 Å². The van der Waals surface area contributed by atoms with E-state index in [2.05, 4.69) is 4.98 Å². The standard InChI is InChI=1S/C13H14ClNO2S/c1-7-12(8(2)16)18-13(15-7)10-5-4-9(14)6-11(10)17-3/h4-6,8,16H,1-3H3. The van der Waals surface area contributed by atoms with Crippen molar-refractivity contribution >= 4 is 22.9 Å². The minimum atomic E-state index is -0.505. The van der Waals surface area contributed by atoms with E-state index in [1.54, 1.807) is 26.2 Å². The number of benzene rings is 1. The molecule has 2 aromatic rings. The first-order chi connectivity index (χ1) is 8.52. The lowest BCUT2D eigenvalue weighted by Gasteiger charge is -2.06. The second-order valence-electron chi connectivity index (χ2n) is 3.99. The summed E-state index contributed by atoms with van der Waals surface area (Å²) in [6.45, 7) is 3.63. The molecule has 0 saturated carbocycles. The lowest BCUT2D eigenvalue weighted by Crippen LogP contribution is -1.89. The summed E-state index contributed by atoms with van der Waals surface area (Å²) < 4.78 is 5.31. The summed E-state index contributed by atoms with van der Waals surface area (Å²) in [5.41, 5.74) is 1.74. The van der Waals surface area contributed by atoms with Crippen molar-refractivity contribution in [2.75, 3.05) is 7.11 Å². The highest BCUT2D eigenvalue weighted by Gasteiger charge is 2.16. The highest BCUT2D eigenvalue weighted by Crippen LogP contribution is 2.37. The highest BCUT2D eigenvalue weighted by molar-refractivity contribution is 7.15. The van der Waals surface area contributed by atoms with E-state index in [-0.39, 0.29) is 0 Å². The predicted octanol–water partition coefficient (Wildman–Crippen LogP) is 3.83. The van der Waals surface area contributed by atoms with E-state index < -0.39 is 6.10 Å². The average Bonchev–Trinajstić information content (AvgIpc) is 2.71. The largest absolute Gasteiger partial charge is 0.496 e. The lowest BCUT2D eigenvalue weighted by atomic mass is 10.2. The van der Waals surface area contributed by atoms with Crippen LogP contribution >= 0.6 is 22.9 Å². The van der Waals surface area contributed by atoms with Crippen molar-refractivity contribution in [3.8, 4) is 16.3 Å². The maximum atomic E-state index is 9.65. The van der Waals surface area contributed by atoms with Crippen molar-refractivity contribution in [3.05, 3.63) is 33.8 Å². The van der Waals surface area contributed by atoms with E-state index in [0.717, 1.165) is 21.1 Å². The van der Waals surface area contributed by atoms with E-state index in [1.165, 1.54) is 11.3 Å². The third kappa shape index (κ3) is 2.51. The van der Waals surface area contributed by atoms with Crippen molar-refractivity contribution in [3.63, 3.8) is 0 Å². The molecule has 0 bridgehead atoms. The van der Waals surface area contributed by atoms with E-state index in [9.17, 15) is 5.11 Å². The Morgan fingerprint density at radius 1 is 1.44 bits per heavy atom. The van der Waals surface area contributed by atoms with Gasteiger partial charge in [0.2, 0.25) is 0 Å². The molecule has 18 heavy (non-hydrogen) atoms. The number of hydrogen-bond acceptors (Lipinski definition) is 4. The van der Waals surface area contributed by atoms with Gasteiger partial charge in [-0.3, -0.25) is 0 Å². The van der Waals surface area contributed by atoms with Crippen molar-refractivity contribution in [1.82, 2.24) is 4.98 Å². The molecule has 0 saturated heterocycles. The number of aliphatic hydroxyl groups is 1. The second kappa shape index (κ2) is 5.26. The Labute approximate surface area is 115 Å². The Balaban J connectivity index is 2.52. The van der Waals surface area contributed by atoms with Crippen molar-refractivity contribution < 1.29 is 9.84 Å². The zero-order valence-corrected chi connectivity index (χ0v) is 12.0. The molecule has 0 radical (unpaired) electrons. The smallest absolute Gasteiger partial charge is 0.130 e. The Morgan fingerprint density at radius 3 is 2.72 bits per heavy atom. The molecule has 1 heterocycles. The molecule has 1 unspecified atom stereocenters. The molecule has 0 spiro atoms. The first kappa shape index (κ1) is 13.3. The molecule has 3 nitrogen and oxygen atoms in total. The van der Waals surface area contributed by atoms with Gasteiger partial charge in [0.25, 0.3) is 0 Å². The van der Waals surface area contributed by atoms with E-state index in [0.29, 0.717) is 10.8 Å². The zero-order valence-electron chi connectivity index (χ0n) is 10.4. The number of aliphatic hydroxyl groups excluding tert-OH is 1. The fourth-order valence-electron chi connectivity index (χ4n) is 1.75. The Kier molecular flexibility index (Phi) is 3.90. The van der Waals surface area contributed by atoms with Gasteiger partial charge < -0.3 is 9.84 Å². The van der Waals surface area contributed by atoms with Gasteiger partial charge in [-0.05, 0) is 32.0 Å². The fraction of sp³-hybridized carbons (Fsp3) is 0.308. The molecule has 2 rings (SSSR count). The molecule has 0 aliphatic rings. The van der Waals surface area contributed by atoms with Crippen molar-refractivity contribution in [2.45, 2.75) is 20.0 Å². The number of aromatic nitrogens is 1. The maximum Gasteiger partial charge on any atom is 0.130 e. The first-order valence-electron chi connectivity index (χ1n) is 5.52. The fourth-order valence-corrected chi connectivity index (χ4v) is 2.95. The summed E-state index contributed by atoms with van der Waals surface area (Å²) in [5, 5.41) is 11.1. The number of thiazole rings is 1. The summed E-state index contributed by atoms with van der Waals surface area (Å²) in [6.07, 6.45) is -0.505. The molecule has 0 aliphatic carbocycles. The van der Waals surface area contributed by atoms with Crippen LogP contribution in [0.5, 0.6) is 5.75 Å². The number of halogens is 1. The minimum absolute atomic E-state index is 0.505. The molecule has 1 aromatic carbocycles. The summed E-state index contributed by atoms with van der Waals surface area (Å²) in [7, 11) is 1.60. The van der Waals surface area contributed by atoms with Crippen LogP contribution in [0.3, 0.4) is 0 Å². The molecule has 0 fully saturated rings. The van der Waals surface area contributed by atoms with Gasteiger partial charge in [-0.1, -0.05) is 11.6 Å². The predicted molar refractivity (Wildman–Crippen MR) is 74.5 cm³/mol. The van der Waals surface area contributed by atoms with Gasteiger partial charge in [0.15, 0.2) is 0 Å². The molecular weight excluding hydrogens is 270 g/mol. The van der Waals surface area contributed by atoms with Crippen LogP contribution in [0, 0.1) is 6.92 Å².